The van der Waals surface area contributed by atoms with Crippen molar-refractivity contribution in [1.29, 1.82) is 5.26 Å². The van der Waals surface area contributed by atoms with E-state index < -0.39 is 17.2 Å². The van der Waals surface area contributed by atoms with Crippen molar-refractivity contribution in [2.75, 3.05) is 6.61 Å². The zero-order valence-electron chi connectivity index (χ0n) is 12.9. The molecule has 0 radical (unpaired) electrons. The van der Waals surface area contributed by atoms with Gasteiger partial charge >= 0.3 is 5.97 Å². The number of carbonyl (C=O) groups excluding carboxylic acids is 2. The summed E-state index contributed by atoms with van der Waals surface area (Å²) >= 11 is 0. The second-order valence-corrected chi connectivity index (χ2v) is 5.07. The quantitative estimate of drug-likeness (QED) is 0.607. The van der Waals surface area contributed by atoms with Gasteiger partial charge < -0.3 is 4.74 Å². The molecule has 0 aliphatic heterocycles. The van der Waals surface area contributed by atoms with Crippen LogP contribution < -0.4 is 0 Å². The Morgan fingerprint density at radius 3 is 1.87 bits per heavy atom. The van der Waals surface area contributed by atoms with E-state index in [-0.39, 0.29) is 13.0 Å². The van der Waals surface area contributed by atoms with Crippen molar-refractivity contribution in [3.05, 3.63) is 71.8 Å². The first-order valence-corrected chi connectivity index (χ1v) is 7.36. The molecule has 116 valence electrons. The Hall–Kier alpha value is -2.93. The summed E-state index contributed by atoms with van der Waals surface area (Å²) in [5.74, 6) is -1.61. The van der Waals surface area contributed by atoms with Gasteiger partial charge in [0.15, 0.2) is 0 Å². The zero-order chi connectivity index (χ0) is 16.7. The molecule has 0 unspecified atom stereocenters. The minimum Gasteiger partial charge on any atom is -0.460 e. The van der Waals surface area contributed by atoms with E-state index in [9.17, 15) is 14.9 Å². The lowest BCUT2D eigenvalue weighted by atomic mass is 9.72. The molecule has 2 aromatic rings. The monoisotopic (exact) mass is 307 g/mol. The normalized spacial score (nSPS) is 10.6. The molecule has 0 aliphatic rings. The summed E-state index contributed by atoms with van der Waals surface area (Å²) in [4.78, 5) is 23.9. The number of carbonyl (C=O) groups is 2. The Kier molecular flexibility index (Phi) is 5.27. The van der Waals surface area contributed by atoms with E-state index in [0.717, 1.165) is 0 Å². The number of benzene rings is 2. The fourth-order valence-electron chi connectivity index (χ4n) is 2.51. The molecule has 2 aromatic carbocycles. The summed E-state index contributed by atoms with van der Waals surface area (Å²) in [5.41, 5.74) is 0.129. The van der Waals surface area contributed by atoms with Crippen molar-refractivity contribution in [2.45, 2.75) is 18.8 Å². The number of hydrogen-bond donors (Lipinski definition) is 0. The lowest BCUT2D eigenvalue weighted by Crippen LogP contribution is -2.32. The van der Waals surface area contributed by atoms with E-state index in [4.69, 9.17) is 4.74 Å². The topological polar surface area (TPSA) is 67.2 Å². The van der Waals surface area contributed by atoms with Gasteiger partial charge in [0, 0.05) is 6.42 Å². The summed E-state index contributed by atoms with van der Waals surface area (Å²) in [6.07, 6.45) is -0.254. The molecule has 0 saturated heterocycles. The number of hydrogen-bond acceptors (Lipinski definition) is 4. The Morgan fingerprint density at radius 1 is 1.00 bits per heavy atom. The molecule has 0 spiro atoms. The third-order valence-electron chi connectivity index (χ3n) is 3.65. The van der Waals surface area contributed by atoms with Crippen LogP contribution >= 0.6 is 0 Å². The number of Topliss-reactive ketones (excluding diaryl/α,β-unsaturated/α-hetero) is 1. The summed E-state index contributed by atoms with van der Waals surface area (Å²) in [5, 5.41) is 9.89. The Labute approximate surface area is 135 Å². The van der Waals surface area contributed by atoms with Crippen molar-refractivity contribution in [1.82, 2.24) is 0 Å². The minimum atomic E-state index is -1.22. The number of esters is 1. The molecule has 0 N–H and O–H groups in total. The first-order chi connectivity index (χ1) is 11.1. The standard InChI is InChI=1S/C19H17NO3/c1-2-23-18(22)17(21)13-19(14-20,15-9-5-3-6-10-15)16-11-7-4-8-12-16/h3-12H,2,13H2,1H3. The van der Waals surface area contributed by atoms with Crippen LogP contribution in [0.5, 0.6) is 0 Å². The minimum absolute atomic E-state index is 0.126. The van der Waals surface area contributed by atoms with Gasteiger partial charge in [-0.05, 0) is 18.1 Å². The molecule has 0 aliphatic carbocycles. The maximum atomic E-state index is 12.2. The largest absolute Gasteiger partial charge is 0.460 e. The van der Waals surface area contributed by atoms with Crippen LogP contribution in [0.4, 0.5) is 0 Å². The second-order valence-electron chi connectivity index (χ2n) is 5.07. The molecule has 0 atom stereocenters. The number of ketones is 1. The Bertz CT molecular complexity index is 678. The molecular formula is C19H17NO3. The van der Waals surface area contributed by atoms with Gasteiger partial charge in [-0.3, -0.25) is 4.79 Å². The predicted molar refractivity (Wildman–Crippen MR) is 85.5 cm³/mol. The van der Waals surface area contributed by atoms with Crippen LogP contribution in [0.1, 0.15) is 24.5 Å². The van der Waals surface area contributed by atoms with E-state index >= 15 is 0 Å². The molecule has 4 heteroatoms. The van der Waals surface area contributed by atoms with Gasteiger partial charge in [-0.1, -0.05) is 60.7 Å². The van der Waals surface area contributed by atoms with Gasteiger partial charge in [0.2, 0.25) is 5.78 Å². The maximum Gasteiger partial charge on any atom is 0.374 e. The van der Waals surface area contributed by atoms with Crippen molar-refractivity contribution in [3.8, 4) is 6.07 Å². The summed E-state index contributed by atoms with van der Waals surface area (Å²) in [6.45, 7) is 1.76. The fraction of sp³-hybridized carbons (Fsp3) is 0.211. The molecule has 0 saturated carbocycles. The highest BCUT2D eigenvalue weighted by Gasteiger charge is 2.39. The molecule has 0 amide bonds. The van der Waals surface area contributed by atoms with Crippen molar-refractivity contribution in [2.24, 2.45) is 0 Å². The first-order valence-electron chi connectivity index (χ1n) is 7.36. The third-order valence-corrected chi connectivity index (χ3v) is 3.65. The van der Waals surface area contributed by atoms with Crippen LogP contribution in [0.3, 0.4) is 0 Å². The fourth-order valence-corrected chi connectivity index (χ4v) is 2.51. The highest BCUT2D eigenvalue weighted by Crippen LogP contribution is 2.35. The van der Waals surface area contributed by atoms with E-state index in [2.05, 4.69) is 6.07 Å². The van der Waals surface area contributed by atoms with E-state index in [1.165, 1.54) is 0 Å². The number of rotatable bonds is 6. The predicted octanol–water partition coefficient (Wildman–Crippen LogP) is 3.02. The number of nitrogens with zero attached hydrogens (tertiary/aromatic N) is 1. The molecule has 0 heterocycles. The van der Waals surface area contributed by atoms with Gasteiger partial charge in [0.05, 0.1) is 12.7 Å². The van der Waals surface area contributed by atoms with Crippen LogP contribution in [0.15, 0.2) is 60.7 Å². The summed E-state index contributed by atoms with van der Waals surface area (Å²) in [6, 6.07) is 20.3. The molecule has 23 heavy (non-hydrogen) atoms. The average Bonchev–Trinajstić information content (AvgIpc) is 2.61. The molecule has 4 nitrogen and oxygen atoms in total. The lowest BCUT2D eigenvalue weighted by molar-refractivity contribution is -0.153. The number of ether oxygens (including phenoxy) is 1. The highest BCUT2D eigenvalue weighted by atomic mass is 16.5. The highest BCUT2D eigenvalue weighted by molar-refractivity contribution is 6.34. The van der Waals surface area contributed by atoms with Gasteiger partial charge in [-0.2, -0.15) is 5.26 Å². The SMILES string of the molecule is CCOC(=O)C(=O)CC(C#N)(c1ccccc1)c1ccccc1. The lowest BCUT2D eigenvalue weighted by Gasteiger charge is -2.26. The molecule has 2 rings (SSSR count). The molecular weight excluding hydrogens is 290 g/mol. The number of nitriles is 1. The molecule has 0 fully saturated rings. The van der Waals surface area contributed by atoms with Crippen molar-refractivity contribution in [3.63, 3.8) is 0 Å². The van der Waals surface area contributed by atoms with E-state index in [1.54, 1.807) is 55.5 Å². The molecule has 0 aromatic heterocycles. The van der Waals surface area contributed by atoms with Crippen LogP contribution in [-0.4, -0.2) is 18.4 Å². The second kappa shape index (κ2) is 7.37. The zero-order valence-corrected chi connectivity index (χ0v) is 12.9. The summed E-state index contributed by atoms with van der Waals surface area (Å²) in [7, 11) is 0. The van der Waals surface area contributed by atoms with E-state index in [0.29, 0.717) is 11.1 Å². The van der Waals surface area contributed by atoms with Gasteiger partial charge in [0.1, 0.15) is 5.41 Å². The maximum absolute atomic E-state index is 12.2. The van der Waals surface area contributed by atoms with Crippen molar-refractivity contribution < 1.29 is 14.3 Å². The van der Waals surface area contributed by atoms with Crippen LogP contribution in [0.25, 0.3) is 0 Å². The van der Waals surface area contributed by atoms with Crippen LogP contribution in [0, 0.1) is 11.3 Å². The van der Waals surface area contributed by atoms with Crippen LogP contribution in [-0.2, 0) is 19.7 Å². The van der Waals surface area contributed by atoms with E-state index in [1.807, 2.05) is 12.1 Å². The Balaban J connectivity index is 2.50. The van der Waals surface area contributed by atoms with Crippen LogP contribution in [0.2, 0.25) is 0 Å². The first kappa shape index (κ1) is 16.4. The van der Waals surface area contributed by atoms with Gasteiger partial charge in [-0.15, -0.1) is 0 Å². The Morgan fingerprint density at radius 2 is 1.48 bits per heavy atom. The van der Waals surface area contributed by atoms with Crippen molar-refractivity contribution >= 4 is 11.8 Å². The smallest absolute Gasteiger partial charge is 0.374 e. The van der Waals surface area contributed by atoms with Gasteiger partial charge in [-0.25, -0.2) is 4.79 Å². The molecule has 0 bridgehead atoms. The van der Waals surface area contributed by atoms with Gasteiger partial charge in [0.25, 0.3) is 0 Å². The summed E-state index contributed by atoms with van der Waals surface area (Å²) < 4.78 is 4.77. The third kappa shape index (κ3) is 3.46. The average molecular weight is 307 g/mol.